The molecule has 2 atom stereocenters. The third-order valence-corrected chi connectivity index (χ3v) is 3.50. The predicted molar refractivity (Wildman–Crippen MR) is 81.3 cm³/mol. The van der Waals surface area contributed by atoms with Crippen LogP contribution < -0.4 is 10.1 Å². The molecule has 1 aromatic heterocycles. The number of halogens is 1. The molecule has 0 fully saturated rings. The summed E-state index contributed by atoms with van der Waals surface area (Å²) >= 11 is 5.97. The number of nitrogens with one attached hydrogen (secondary N) is 1. The maximum atomic E-state index is 5.97. The fourth-order valence-electron chi connectivity index (χ4n) is 2.17. The maximum Gasteiger partial charge on any atom is 0.121 e. The number of hydrogen-bond donors (Lipinski definition) is 1. The van der Waals surface area contributed by atoms with Crippen LogP contribution in [0.3, 0.4) is 0 Å². The van der Waals surface area contributed by atoms with E-state index >= 15 is 0 Å². The van der Waals surface area contributed by atoms with E-state index in [1.807, 2.05) is 55.4 Å². The number of benzene rings is 1. The fraction of sp³-hybridized carbons (Fsp3) is 0.400. The van der Waals surface area contributed by atoms with Crippen LogP contribution >= 0.6 is 11.6 Å². The van der Waals surface area contributed by atoms with Crippen LogP contribution in [0.5, 0.6) is 5.75 Å². The minimum Gasteiger partial charge on any atom is -0.489 e. The van der Waals surface area contributed by atoms with E-state index in [2.05, 4.69) is 17.3 Å². The molecule has 1 N–H and O–H groups in total. The fourth-order valence-corrected chi connectivity index (χ4v) is 2.35. The Hall–Kier alpha value is -1.52. The van der Waals surface area contributed by atoms with Crippen molar-refractivity contribution in [2.45, 2.75) is 25.5 Å². The highest BCUT2D eigenvalue weighted by Crippen LogP contribution is 2.19. The average Bonchev–Trinajstić information content (AvgIpc) is 2.81. The van der Waals surface area contributed by atoms with Crippen molar-refractivity contribution < 1.29 is 4.74 Å². The Bertz CT molecular complexity index is 556. The largest absolute Gasteiger partial charge is 0.489 e. The second kappa shape index (κ2) is 6.77. The highest BCUT2D eigenvalue weighted by Gasteiger charge is 2.18. The van der Waals surface area contributed by atoms with Crippen molar-refractivity contribution in [2.75, 3.05) is 7.05 Å². The molecule has 5 heteroatoms. The molecule has 0 aliphatic rings. The van der Waals surface area contributed by atoms with Gasteiger partial charge in [-0.2, -0.15) is 5.10 Å². The van der Waals surface area contributed by atoms with Gasteiger partial charge in [-0.05, 0) is 44.2 Å². The molecule has 0 aliphatic carbocycles. The second-order valence-electron chi connectivity index (χ2n) is 4.90. The van der Waals surface area contributed by atoms with E-state index in [0.29, 0.717) is 5.02 Å². The molecule has 0 radical (unpaired) electrons. The van der Waals surface area contributed by atoms with Gasteiger partial charge < -0.3 is 10.1 Å². The first-order chi connectivity index (χ1) is 9.58. The summed E-state index contributed by atoms with van der Waals surface area (Å²) in [7, 11) is 3.86. The summed E-state index contributed by atoms with van der Waals surface area (Å²) in [6, 6.07) is 7.68. The van der Waals surface area contributed by atoms with Crippen LogP contribution in [-0.4, -0.2) is 29.0 Å². The zero-order valence-corrected chi connectivity index (χ0v) is 12.8. The number of nitrogens with zero attached hydrogens (tertiary/aromatic N) is 2. The van der Waals surface area contributed by atoms with Crippen LogP contribution in [0, 0.1) is 0 Å². The van der Waals surface area contributed by atoms with Gasteiger partial charge in [-0.1, -0.05) is 17.7 Å². The van der Waals surface area contributed by atoms with E-state index < -0.39 is 0 Å². The molecule has 4 nitrogen and oxygen atoms in total. The van der Waals surface area contributed by atoms with E-state index in [4.69, 9.17) is 16.3 Å². The average molecular weight is 294 g/mol. The topological polar surface area (TPSA) is 39.1 Å². The van der Waals surface area contributed by atoms with Crippen LogP contribution in [0.15, 0.2) is 36.7 Å². The van der Waals surface area contributed by atoms with E-state index in [9.17, 15) is 0 Å². The molecule has 0 amide bonds. The van der Waals surface area contributed by atoms with Crippen molar-refractivity contribution in [3.63, 3.8) is 0 Å². The van der Waals surface area contributed by atoms with Crippen LogP contribution in [0.25, 0.3) is 0 Å². The van der Waals surface area contributed by atoms with Gasteiger partial charge >= 0.3 is 0 Å². The summed E-state index contributed by atoms with van der Waals surface area (Å²) in [5.74, 6) is 0.788. The standard InChI is InChI=1S/C15H20ClN3O/c1-11(20-14-6-4-5-13(16)8-14)15(17-2)7-12-9-18-19(3)10-12/h4-6,8-11,15,17H,7H2,1-3H3. The normalized spacial score (nSPS) is 14.0. The lowest BCUT2D eigenvalue weighted by atomic mass is 10.1. The lowest BCUT2D eigenvalue weighted by molar-refractivity contribution is 0.174. The third kappa shape index (κ3) is 3.99. The van der Waals surface area contributed by atoms with Gasteiger partial charge in [0.05, 0.1) is 6.20 Å². The Morgan fingerprint density at radius 1 is 1.45 bits per heavy atom. The van der Waals surface area contributed by atoms with Crippen molar-refractivity contribution in [1.82, 2.24) is 15.1 Å². The zero-order chi connectivity index (χ0) is 14.5. The van der Waals surface area contributed by atoms with Crippen LogP contribution in [0.2, 0.25) is 5.02 Å². The first-order valence-electron chi connectivity index (χ1n) is 6.65. The van der Waals surface area contributed by atoms with Gasteiger partial charge in [0.2, 0.25) is 0 Å². The van der Waals surface area contributed by atoms with Crippen LogP contribution in [-0.2, 0) is 13.5 Å². The quantitative estimate of drug-likeness (QED) is 0.890. The van der Waals surface area contributed by atoms with Crippen molar-refractivity contribution in [3.8, 4) is 5.75 Å². The minimum atomic E-state index is 0.0265. The smallest absolute Gasteiger partial charge is 0.121 e. The summed E-state index contributed by atoms with van der Waals surface area (Å²) in [5.41, 5.74) is 1.19. The lowest BCUT2D eigenvalue weighted by Crippen LogP contribution is -2.41. The first-order valence-corrected chi connectivity index (χ1v) is 7.03. The van der Waals surface area contributed by atoms with Gasteiger partial charge in [0.1, 0.15) is 11.9 Å². The summed E-state index contributed by atoms with van der Waals surface area (Å²) < 4.78 is 7.76. The van der Waals surface area contributed by atoms with Crippen molar-refractivity contribution >= 4 is 11.6 Å². The van der Waals surface area contributed by atoms with Gasteiger partial charge in [0.25, 0.3) is 0 Å². The highest BCUT2D eigenvalue weighted by atomic mass is 35.5. The van der Waals surface area contributed by atoms with E-state index in [-0.39, 0.29) is 12.1 Å². The summed E-state index contributed by atoms with van der Waals surface area (Å²) in [6.45, 7) is 2.05. The monoisotopic (exact) mass is 293 g/mol. The summed E-state index contributed by atoms with van der Waals surface area (Å²) in [4.78, 5) is 0. The Labute approximate surface area is 124 Å². The number of hydrogen-bond acceptors (Lipinski definition) is 3. The molecule has 0 spiro atoms. The Morgan fingerprint density at radius 2 is 2.25 bits per heavy atom. The molecule has 0 saturated heterocycles. The SMILES string of the molecule is CNC(Cc1cnn(C)c1)C(C)Oc1cccc(Cl)c1. The number of ether oxygens (including phenoxy) is 1. The van der Waals surface area contributed by atoms with Crippen molar-refractivity contribution in [2.24, 2.45) is 7.05 Å². The molecule has 1 heterocycles. The number of aromatic nitrogens is 2. The molecule has 108 valence electrons. The Morgan fingerprint density at radius 3 is 2.85 bits per heavy atom. The van der Waals surface area contributed by atoms with Gasteiger partial charge in [-0.25, -0.2) is 0 Å². The van der Waals surface area contributed by atoms with E-state index in [1.54, 1.807) is 0 Å². The lowest BCUT2D eigenvalue weighted by Gasteiger charge is -2.24. The van der Waals surface area contributed by atoms with Gasteiger partial charge in [0.15, 0.2) is 0 Å². The van der Waals surface area contributed by atoms with E-state index in [0.717, 1.165) is 12.2 Å². The molecular formula is C15H20ClN3O. The molecule has 2 rings (SSSR count). The molecule has 1 aromatic carbocycles. The van der Waals surface area contributed by atoms with Crippen molar-refractivity contribution in [3.05, 3.63) is 47.2 Å². The van der Waals surface area contributed by atoms with Gasteiger partial charge in [-0.3, -0.25) is 4.68 Å². The van der Waals surface area contributed by atoms with Gasteiger partial charge in [-0.15, -0.1) is 0 Å². The second-order valence-corrected chi connectivity index (χ2v) is 5.34. The minimum absolute atomic E-state index is 0.0265. The molecule has 0 saturated carbocycles. The maximum absolute atomic E-state index is 5.97. The number of likely N-dealkylation sites (N-methyl/N-ethyl adjacent to an activating group) is 1. The van der Waals surface area contributed by atoms with E-state index in [1.165, 1.54) is 5.56 Å². The number of rotatable bonds is 6. The highest BCUT2D eigenvalue weighted by molar-refractivity contribution is 6.30. The molecule has 2 unspecified atom stereocenters. The number of aryl methyl sites for hydroxylation is 1. The third-order valence-electron chi connectivity index (χ3n) is 3.27. The molecule has 20 heavy (non-hydrogen) atoms. The first kappa shape index (κ1) is 14.9. The van der Waals surface area contributed by atoms with Crippen LogP contribution in [0.1, 0.15) is 12.5 Å². The van der Waals surface area contributed by atoms with Crippen molar-refractivity contribution in [1.29, 1.82) is 0 Å². The Kier molecular flexibility index (Phi) is 5.04. The molecule has 0 bridgehead atoms. The van der Waals surface area contributed by atoms with Gasteiger partial charge in [0, 0.05) is 24.3 Å². The zero-order valence-electron chi connectivity index (χ0n) is 12.0. The molecule has 0 aliphatic heterocycles. The molecule has 2 aromatic rings. The molecular weight excluding hydrogens is 274 g/mol. The summed E-state index contributed by atoms with van der Waals surface area (Å²) in [6.07, 6.45) is 4.80. The Balaban J connectivity index is 1.99. The predicted octanol–water partition coefficient (Wildman–Crippen LogP) is 2.67. The van der Waals surface area contributed by atoms with Crippen LogP contribution in [0.4, 0.5) is 0 Å². The summed E-state index contributed by atoms with van der Waals surface area (Å²) in [5, 5.41) is 8.17.